The SMILES string of the molecule is CC(C)O[C@@H]1CC2(CCN(Cc3ccc(C4(O)CCCC4)cc3)CC2)Oc2ccc(F)cc21. The Balaban J connectivity index is 1.23. The number of nitrogens with zero attached hydrogens (tertiary/aromatic N) is 1. The molecule has 4 nitrogen and oxygen atoms in total. The number of rotatable bonds is 5. The van der Waals surface area contributed by atoms with Crippen molar-refractivity contribution in [1.29, 1.82) is 0 Å². The van der Waals surface area contributed by atoms with E-state index < -0.39 is 5.60 Å². The van der Waals surface area contributed by atoms with Crippen molar-refractivity contribution in [3.05, 3.63) is 65.0 Å². The molecule has 5 heteroatoms. The molecule has 2 fully saturated rings. The summed E-state index contributed by atoms with van der Waals surface area (Å²) in [5.74, 6) is 0.522. The quantitative estimate of drug-likeness (QED) is 0.615. The van der Waals surface area contributed by atoms with Crippen molar-refractivity contribution in [1.82, 2.24) is 4.90 Å². The Morgan fingerprint density at radius 2 is 1.76 bits per heavy atom. The number of piperidine rings is 1. The number of hydrogen-bond donors (Lipinski definition) is 1. The second-order valence-corrected chi connectivity index (χ2v) is 10.6. The number of likely N-dealkylation sites (tertiary alicyclic amines) is 1. The second kappa shape index (κ2) is 9.01. The van der Waals surface area contributed by atoms with Crippen molar-refractivity contribution >= 4 is 0 Å². The first-order valence-electron chi connectivity index (χ1n) is 12.5. The predicted octanol–water partition coefficient (Wildman–Crippen LogP) is 5.87. The Bertz CT molecular complexity index is 960. The fourth-order valence-electron chi connectivity index (χ4n) is 5.89. The van der Waals surface area contributed by atoms with Crippen LogP contribution in [-0.4, -0.2) is 34.8 Å². The molecular weight excluding hydrogens is 417 g/mol. The minimum absolute atomic E-state index is 0.0756. The highest BCUT2D eigenvalue weighted by atomic mass is 19.1. The zero-order chi connectivity index (χ0) is 23.1. The number of aliphatic hydroxyl groups is 1. The lowest BCUT2D eigenvalue weighted by Gasteiger charge is -2.47. The minimum Gasteiger partial charge on any atom is -0.487 e. The lowest BCUT2D eigenvalue weighted by molar-refractivity contribution is -0.0909. The summed E-state index contributed by atoms with van der Waals surface area (Å²) in [7, 11) is 0. The molecule has 1 spiro atoms. The summed E-state index contributed by atoms with van der Waals surface area (Å²) < 4.78 is 26.6. The van der Waals surface area contributed by atoms with E-state index in [1.165, 1.54) is 11.6 Å². The molecule has 0 unspecified atom stereocenters. The molecule has 1 aliphatic carbocycles. The fraction of sp³-hybridized carbons (Fsp3) is 0.571. The van der Waals surface area contributed by atoms with Crippen LogP contribution in [0.2, 0.25) is 0 Å². The number of ether oxygens (including phenoxy) is 2. The molecule has 2 aromatic carbocycles. The average molecular weight is 454 g/mol. The summed E-state index contributed by atoms with van der Waals surface area (Å²) >= 11 is 0. The molecule has 1 N–H and O–H groups in total. The van der Waals surface area contributed by atoms with Crippen LogP contribution in [0.25, 0.3) is 0 Å². The van der Waals surface area contributed by atoms with E-state index in [4.69, 9.17) is 9.47 Å². The molecular formula is C28H36FNO3. The van der Waals surface area contributed by atoms with Gasteiger partial charge in [-0.05, 0) is 68.9 Å². The van der Waals surface area contributed by atoms with Crippen LogP contribution in [0.15, 0.2) is 42.5 Å². The molecule has 178 valence electrons. The van der Waals surface area contributed by atoms with Gasteiger partial charge in [-0.1, -0.05) is 37.1 Å². The van der Waals surface area contributed by atoms with E-state index in [2.05, 4.69) is 29.2 Å². The van der Waals surface area contributed by atoms with Gasteiger partial charge < -0.3 is 14.6 Å². The van der Waals surface area contributed by atoms with Crippen molar-refractivity contribution in [2.45, 2.75) is 88.7 Å². The van der Waals surface area contributed by atoms with E-state index in [1.807, 2.05) is 13.8 Å². The van der Waals surface area contributed by atoms with Gasteiger partial charge in [0, 0.05) is 31.6 Å². The highest BCUT2D eigenvalue weighted by Gasteiger charge is 2.44. The molecule has 0 amide bonds. The average Bonchev–Trinajstić information content (AvgIpc) is 3.24. The van der Waals surface area contributed by atoms with Crippen LogP contribution in [-0.2, 0) is 16.9 Å². The third-order valence-corrected chi connectivity index (χ3v) is 7.73. The van der Waals surface area contributed by atoms with Crippen LogP contribution in [0, 0.1) is 5.82 Å². The second-order valence-electron chi connectivity index (χ2n) is 10.6. The monoisotopic (exact) mass is 453 g/mol. The summed E-state index contributed by atoms with van der Waals surface area (Å²) in [5.41, 5.74) is 2.30. The van der Waals surface area contributed by atoms with Crippen molar-refractivity contribution in [3.63, 3.8) is 0 Å². The Labute approximate surface area is 196 Å². The topological polar surface area (TPSA) is 41.9 Å². The molecule has 2 aliphatic heterocycles. The summed E-state index contributed by atoms with van der Waals surface area (Å²) in [4.78, 5) is 2.48. The maximum absolute atomic E-state index is 13.9. The van der Waals surface area contributed by atoms with Crippen LogP contribution in [0.3, 0.4) is 0 Å². The summed E-state index contributed by atoms with van der Waals surface area (Å²) in [6.45, 7) is 6.87. The Hall–Kier alpha value is -1.95. The lowest BCUT2D eigenvalue weighted by atomic mass is 9.81. The molecule has 2 aromatic rings. The smallest absolute Gasteiger partial charge is 0.126 e. The van der Waals surface area contributed by atoms with Crippen LogP contribution in [0.1, 0.15) is 81.6 Å². The highest BCUT2D eigenvalue weighted by Crippen LogP contribution is 2.46. The third-order valence-electron chi connectivity index (χ3n) is 7.73. The molecule has 1 saturated heterocycles. The number of fused-ring (bicyclic) bond motifs is 1. The third kappa shape index (κ3) is 4.82. The van der Waals surface area contributed by atoms with Gasteiger partial charge in [0.05, 0.1) is 17.8 Å². The molecule has 1 atom stereocenters. The zero-order valence-electron chi connectivity index (χ0n) is 19.9. The van der Waals surface area contributed by atoms with Crippen LogP contribution < -0.4 is 4.74 Å². The first kappa shape index (κ1) is 22.8. The van der Waals surface area contributed by atoms with Crippen LogP contribution >= 0.6 is 0 Å². The van der Waals surface area contributed by atoms with Gasteiger partial charge in [0.15, 0.2) is 0 Å². The molecule has 0 radical (unpaired) electrons. The molecule has 3 aliphatic rings. The van der Waals surface area contributed by atoms with Gasteiger partial charge in [0.25, 0.3) is 0 Å². The van der Waals surface area contributed by atoms with Gasteiger partial charge in [-0.25, -0.2) is 4.39 Å². The Kier molecular flexibility index (Phi) is 6.23. The molecule has 0 aromatic heterocycles. The van der Waals surface area contributed by atoms with Gasteiger partial charge in [-0.15, -0.1) is 0 Å². The highest BCUT2D eigenvalue weighted by molar-refractivity contribution is 5.39. The largest absolute Gasteiger partial charge is 0.487 e. The van der Waals surface area contributed by atoms with Gasteiger partial charge in [-0.3, -0.25) is 4.90 Å². The Morgan fingerprint density at radius 3 is 2.42 bits per heavy atom. The minimum atomic E-state index is -0.623. The van der Waals surface area contributed by atoms with Crippen LogP contribution in [0.4, 0.5) is 4.39 Å². The van der Waals surface area contributed by atoms with Gasteiger partial charge in [0.2, 0.25) is 0 Å². The molecule has 1 saturated carbocycles. The fourth-order valence-corrected chi connectivity index (χ4v) is 5.89. The summed E-state index contributed by atoms with van der Waals surface area (Å²) in [6, 6.07) is 13.4. The van der Waals surface area contributed by atoms with E-state index in [-0.39, 0.29) is 23.6 Å². The summed E-state index contributed by atoms with van der Waals surface area (Å²) in [5, 5.41) is 10.8. The zero-order valence-corrected chi connectivity index (χ0v) is 19.9. The van der Waals surface area contributed by atoms with E-state index in [9.17, 15) is 9.50 Å². The van der Waals surface area contributed by atoms with Crippen molar-refractivity contribution in [2.24, 2.45) is 0 Å². The van der Waals surface area contributed by atoms with Crippen LogP contribution in [0.5, 0.6) is 5.75 Å². The van der Waals surface area contributed by atoms with Gasteiger partial charge in [0.1, 0.15) is 17.2 Å². The number of hydrogen-bond acceptors (Lipinski definition) is 4. The van der Waals surface area contributed by atoms with Crippen molar-refractivity contribution in [2.75, 3.05) is 13.1 Å². The van der Waals surface area contributed by atoms with Gasteiger partial charge >= 0.3 is 0 Å². The Morgan fingerprint density at radius 1 is 1.06 bits per heavy atom. The van der Waals surface area contributed by atoms with Crippen molar-refractivity contribution in [3.8, 4) is 5.75 Å². The lowest BCUT2D eigenvalue weighted by Crippen LogP contribution is -2.50. The summed E-state index contributed by atoms with van der Waals surface area (Å²) in [6.07, 6.45) is 6.53. The normalized spacial score (nSPS) is 24.1. The number of halogens is 1. The predicted molar refractivity (Wildman–Crippen MR) is 127 cm³/mol. The first-order chi connectivity index (χ1) is 15.8. The standard InChI is InChI=1S/C28H36FNO3/c1-20(2)32-26-18-27(33-25-10-9-23(29)17-24(25)26)13-15-30(16-14-27)19-21-5-7-22(8-6-21)28(31)11-3-4-12-28/h5-10,17,20,26,31H,3-4,11-16,18-19H2,1-2H3/t26-/m1/s1. The maximum atomic E-state index is 13.9. The molecule has 33 heavy (non-hydrogen) atoms. The van der Waals surface area contributed by atoms with E-state index in [1.54, 1.807) is 12.1 Å². The number of benzene rings is 2. The molecule has 0 bridgehead atoms. The molecule has 2 heterocycles. The van der Waals surface area contributed by atoms with E-state index in [0.717, 1.165) is 81.5 Å². The molecule has 5 rings (SSSR count). The maximum Gasteiger partial charge on any atom is 0.126 e. The van der Waals surface area contributed by atoms with E-state index in [0.29, 0.717) is 0 Å². The van der Waals surface area contributed by atoms with Gasteiger partial charge in [-0.2, -0.15) is 0 Å². The van der Waals surface area contributed by atoms with Crippen molar-refractivity contribution < 1.29 is 19.0 Å². The first-order valence-corrected chi connectivity index (χ1v) is 12.5. The van der Waals surface area contributed by atoms with E-state index >= 15 is 0 Å².